The van der Waals surface area contributed by atoms with Crippen LogP contribution < -0.4 is 0 Å². The molecule has 0 aromatic heterocycles. The first-order valence-electron chi connectivity index (χ1n) is 11.8. The monoisotopic (exact) mass is 374 g/mol. The van der Waals surface area contributed by atoms with Crippen LogP contribution in [0.15, 0.2) is 11.6 Å². The molecule has 0 aromatic carbocycles. The number of hydrogen-bond donors (Lipinski definition) is 1. The van der Waals surface area contributed by atoms with Gasteiger partial charge >= 0.3 is 0 Å². The first kappa shape index (κ1) is 20.0. The molecule has 4 fully saturated rings. The normalized spacial score (nSPS) is 51.4. The van der Waals surface area contributed by atoms with Crippen molar-refractivity contribution < 1.29 is 9.84 Å². The van der Waals surface area contributed by atoms with Crippen molar-refractivity contribution in [3.63, 3.8) is 0 Å². The van der Waals surface area contributed by atoms with Crippen LogP contribution >= 0.6 is 0 Å². The summed E-state index contributed by atoms with van der Waals surface area (Å²) in [6, 6.07) is 0. The third-order valence-electron chi connectivity index (χ3n) is 9.69. The zero-order valence-electron chi connectivity index (χ0n) is 18.2. The summed E-state index contributed by atoms with van der Waals surface area (Å²) in [4.78, 5) is 0. The lowest BCUT2D eigenvalue weighted by molar-refractivity contribution is -0.120. The molecule has 0 bridgehead atoms. The van der Waals surface area contributed by atoms with Gasteiger partial charge in [0.25, 0.3) is 0 Å². The fraction of sp³-hybridized carbons (Fsp3) is 0.920. The van der Waals surface area contributed by atoms with E-state index in [4.69, 9.17) is 4.74 Å². The average Bonchev–Trinajstić information content (AvgIpc) is 2.65. The van der Waals surface area contributed by atoms with Gasteiger partial charge in [0, 0.05) is 13.7 Å². The van der Waals surface area contributed by atoms with Gasteiger partial charge in [-0.3, -0.25) is 0 Å². The molecule has 0 aromatic rings. The smallest absolute Gasteiger partial charge is 0.0672 e. The van der Waals surface area contributed by atoms with Crippen molar-refractivity contribution in [1.82, 2.24) is 0 Å². The van der Waals surface area contributed by atoms with E-state index < -0.39 is 5.60 Å². The van der Waals surface area contributed by atoms with E-state index in [9.17, 15) is 5.11 Å². The minimum absolute atomic E-state index is 0.455. The fourth-order valence-electron chi connectivity index (χ4n) is 8.48. The molecule has 0 saturated heterocycles. The Hall–Kier alpha value is -0.340. The number of ether oxygens (including phenoxy) is 1. The minimum atomic E-state index is -0.455. The van der Waals surface area contributed by atoms with E-state index >= 15 is 0 Å². The predicted molar refractivity (Wildman–Crippen MR) is 111 cm³/mol. The molecular weight excluding hydrogens is 332 g/mol. The van der Waals surface area contributed by atoms with Crippen LogP contribution in [0.25, 0.3) is 0 Å². The quantitative estimate of drug-likeness (QED) is 0.615. The molecule has 4 saturated carbocycles. The molecule has 0 spiro atoms. The lowest BCUT2D eigenvalue weighted by Gasteiger charge is -2.61. The molecule has 4 aliphatic carbocycles. The van der Waals surface area contributed by atoms with Gasteiger partial charge in [0.15, 0.2) is 0 Å². The number of allylic oxidation sites excluding steroid dienone is 2. The number of aliphatic hydroxyl groups is 1. The van der Waals surface area contributed by atoms with Crippen molar-refractivity contribution >= 4 is 0 Å². The minimum Gasteiger partial charge on any atom is -0.390 e. The van der Waals surface area contributed by atoms with Gasteiger partial charge in [-0.25, -0.2) is 0 Å². The molecular formula is C25H42O2. The summed E-state index contributed by atoms with van der Waals surface area (Å²) in [6.45, 7) is 8.13. The van der Waals surface area contributed by atoms with Crippen LogP contribution in [0.1, 0.15) is 85.0 Å². The molecule has 0 amide bonds. The van der Waals surface area contributed by atoms with Crippen LogP contribution in [0.3, 0.4) is 0 Å². The topological polar surface area (TPSA) is 29.5 Å². The molecule has 2 heteroatoms. The highest BCUT2D eigenvalue weighted by atomic mass is 16.5. The van der Waals surface area contributed by atoms with E-state index in [1.165, 1.54) is 44.9 Å². The second-order valence-corrected chi connectivity index (χ2v) is 10.9. The Morgan fingerprint density at radius 1 is 1.07 bits per heavy atom. The molecule has 4 aliphatic rings. The van der Waals surface area contributed by atoms with Gasteiger partial charge < -0.3 is 9.84 Å². The van der Waals surface area contributed by atoms with E-state index in [0.717, 1.165) is 54.8 Å². The summed E-state index contributed by atoms with van der Waals surface area (Å²) in [7, 11) is 1.75. The second-order valence-electron chi connectivity index (χ2n) is 10.9. The van der Waals surface area contributed by atoms with E-state index in [1.807, 2.05) is 0 Å². The van der Waals surface area contributed by atoms with Crippen LogP contribution in [-0.4, -0.2) is 24.4 Å². The largest absolute Gasteiger partial charge is 0.390 e. The van der Waals surface area contributed by atoms with Crippen molar-refractivity contribution in [2.75, 3.05) is 13.7 Å². The van der Waals surface area contributed by atoms with Gasteiger partial charge in [0.1, 0.15) is 0 Å². The average molecular weight is 375 g/mol. The number of fused-ring (bicyclic) bond motifs is 5. The Bertz CT molecular complexity index is 569. The lowest BCUT2D eigenvalue weighted by atomic mass is 9.44. The van der Waals surface area contributed by atoms with Crippen molar-refractivity contribution in [2.24, 2.45) is 40.9 Å². The van der Waals surface area contributed by atoms with Crippen molar-refractivity contribution in [3.05, 3.63) is 11.6 Å². The van der Waals surface area contributed by atoms with Gasteiger partial charge in [-0.15, -0.1) is 0 Å². The SMILES string of the molecule is C/C=C1/CC[C@@H](C)[C@H]2[C@@H]3CC[C@@H]4C[C@@](O)(CCOC)CC[C@@H]4[C@H]3CC[C@]12C. The fourth-order valence-corrected chi connectivity index (χ4v) is 8.48. The van der Waals surface area contributed by atoms with Crippen LogP contribution in [0, 0.1) is 40.9 Å². The van der Waals surface area contributed by atoms with E-state index in [0.29, 0.717) is 12.0 Å². The predicted octanol–water partition coefficient (Wildman–Crippen LogP) is 5.99. The highest BCUT2D eigenvalue weighted by Crippen LogP contribution is 2.64. The summed E-state index contributed by atoms with van der Waals surface area (Å²) in [5, 5.41) is 11.1. The molecule has 0 aliphatic heterocycles. The molecule has 0 heterocycles. The first-order chi connectivity index (χ1) is 12.9. The maximum absolute atomic E-state index is 11.1. The highest BCUT2D eigenvalue weighted by Gasteiger charge is 2.56. The van der Waals surface area contributed by atoms with Gasteiger partial charge in [-0.1, -0.05) is 25.5 Å². The summed E-state index contributed by atoms with van der Waals surface area (Å²) in [5.41, 5.74) is 1.78. The number of rotatable bonds is 3. The first-order valence-corrected chi connectivity index (χ1v) is 11.8. The number of hydrogen-bond acceptors (Lipinski definition) is 2. The Morgan fingerprint density at radius 2 is 1.85 bits per heavy atom. The van der Waals surface area contributed by atoms with Gasteiger partial charge in [-0.2, -0.15) is 0 Å². The van der Waals surface area contributed by atoms with Crippen molar-refractivity contribution in [2.45, 2.75) is 90.6 Å². The Balaban J connectivity index is 1.52. The molecule has 2 nitrogen and oxygen atoms in total. The maximum atomic E-state index is 11.1. The standard InChI is InChI=1S/C25H42O2/c1-5-19-8-6-17(2)23-22-9-7-18-16-25(26,14-15-27-4)13-11-20(18)21(22)10-12-24(19,23)3/h5,17-18,20-23,26H,6-16H2,1-4H3/b19-5-/t17-,18-,20+,21-,22-,23+,24-,25+/m1/s1. The molecule has 0 unspecified atom stereocenters. The zero-order chi connectivity index (χ0) is 19.2. The highest BCUT2D eigenvalue weighted by molar-refractivity contribution is 5.21. The lowest BCUT2D eigenvalue weighted by Crippen LogP contribution is -2.54. The summed E-state index contributed by atoms with van der Waals surface area (Å²) in [6.07, 6.45) is 14.9. The Labute approximate surface area is 167 Å². The second kappa shape index (κ2) is 7.48. The van der Waals surface area contributed by atoms with Gasteiger partial charge in [-0.05, 0) is 112 Å². The van der Waals surface area contributed by atoms with Crippen molar-refractivity contribution in [3.8, 4) is 0 Å². The van der Waals surface area contributed by atoms with Crippen LogP contribution in [0.2, 0.25) is 0 Å². The third kappa shape index (κ3) is 3.33. The zero-order valence-corrected chi connectivity index (χ0v) is 18.2. The molecule has 0 radical (unpaired) electrons. The van der Waals surface area contributed by atoms with E-state index in [-0.39, 0.29) is 0 Å². The van der Waals surface area contributed by atoms with Crippen LogP contribution in [-0.2, 0) is 4.74 Å². The van der Waals surface area contributed by atoms with E-state index in [1.54, 1.807) is 12.7 Å². The Kier molecular flexibility index (Phi) is 5.53. The maximum Gasteiger partial charge on any atom is 0.0672 e. The third-order valence-corrected chi connectivity index (χ3v) is 9.69. The van der Waals surface area contributed by atoms with Gasteiger partial charge in [0.2, 0.25) is 0 Å². The summed E-state index contributed by atoms with van der Waals surface area (Å²) >= 11 is 0. The molecule has 154 valence electrons. The van der Waals surface area contributed by atoms with Crippen LogP contribution in [0.5, 0.6) is 0 Å². The number of methoxy groups -OCH3 is 1. The Morgan fingerprint density at radius 3 is 2.59 bits per heavy atom. The molecule has 1 N–H and O–H groups in total. The van der Waals surface area contributed by atoms with E-state index in [2.05, 4.69) is 26.8 Å². The van der Waals surface area contributed by atoms with Crippen molar-refractivity contribution in [1.29, 1.82) is 0 Å². The summed E-state index contributed by atoms with van der Waals surface area (Å²) < 4.78 is 5.27. The molecule has 8 atom stereocenters. The molecule has 27 heavy (non-hydrogen) atoms. The van der Waals surface area contributed by atoms with Gasteiger partial charge in [0.05, 0.1) is 5.60 Å². The molecule has 4 rings (SSSR count). The van der Waals surface area contributed by atoms with Crippen LogP contribution in [0.4, 0.5) is 0 Å². The summed E-state index contributed by atoms with van der Waals surface area (Å²) in [5.74, 6) is 5.26.